The zero-order valence-electron chi connectivity index (χ0n) is 9.65. The van der Waals surface area contributed by atoms with Gasteiger partial charge in [-0.15, -0.1) is 0 Å². The topological polar surface area (TPSA) is 58.0 Å². The average molecular weight is 288 g/mol. The second-order valence-electron chi connectivity index (χ2n) is 4.00. The van der Waals surface area contributed by atoms with Crippen molar-refractivity contribution < 1.29 is 5.11 Å². The fourth-order valence-corrected chi connectivity index (χ4v) is 1.66. The standard InChI is InChI=1S/C11H18BrN3O/c1-3-10(4-8(2)7-16)15-11-13-5-9(12)6-14-11/h5-6,8,10,16H,3-4,7H2,1-2H3,(H,13,14,15). The van der Waals surface area contributed by atoms with Crippen LogP contribution in [-0.4, -0.2) is 27.7 Å². The molecule has 0 amide bonds. The summed E-state index contributed by atoms with van der Waals surface area (Å²) in [6.45, 7) is 4.37. The van der Waals surface area contributed by atoms with E-state index in [-0.39, 0.29) is 6.61 Å². The van der Waals surface area contributed by atoms with Crippen molar-refractivity contribution in [2.24, 2.45) is 5.92 Å². The van der Waals surface area contributed by atoms with Crippen LogP contribution in [0.15, 0.2) is 16.9 Å². The lowest BCUT2D eigenvalue weighted by Crippen LogP contribution is -2.23. The summed E-state index contributed by atoms with van der Waals surface area (Å²) in [4.78, 5) is 8.34. The van der Waals surface area contributed by atoms with Crippen LogP contribution in [0.4, 0.5) is 5.95 Å². The van der Waals surface area contributed by atoms with Gasteiger partial charge in [0.05, 0.1) is 4.47 Å². The maximum Gasteiger partial charge on any atom is 0.222 e. The van der Waals surface area contributed by atoms with E-state index in [0.29, 0.717) is 17.9 Å². The molecule has 90 valence electrons. The third-order valence-corrected chi connectivity index (χ3v) is 2.85. The van der Waals surface area contributed by atoms with E-state index in [0.717, 1.165) is 17.3 Å². The highest BCUT2D eigenvalue weighted by Gasteiger charge is 2.11. The molecule has 0 aromatic carbocycles. The highest BCUT2D eigenvalue weighted by atomic mass is 79.9. The highest BCUT2D eigenvalue weighted by Crippen LogP contribution is 2.13. The molecule has 2 N–H and O–H groups in total. The van der Waals surface area contributed by atoms with Crippen LogP contribution < -0.4 is 5.32 Å². The first-order valence-corrected chi connectivity index (χ1v) is 6.30. The van der Waals surface area contributed by atoms with E-state index in [1.165, 1.54) is 0 Å². The Morgan fingerprint density at radius 3 is 2.56 bits per heavy atom. The van der Waals surface area contributed by atoms with Gasteiger partial charge in [0.1, 0.15) is 0 Å². The number of hydrogen-bond acceptors (Lipinski definition) is 4. The summed E-state index contributed by atoms with van der Waals surface area (Å²) in [5.41, 5.74) is 0. The normalized spacial score (nSPS) is 14.5. The molecule has 4 nitrogen and oxygen atoms in total. The Bertz CT molecular complexity index is 305. The first kappa shape index (κ1) is 13.4. The Morgan fingerprint density at radius 2 is 2.06 bits per heavy atom. The van der Waals surface area contributed by atoms with E-state index < -0.39 is 0 Å². The molecular weight excluding hydrogens is 270 g/mol. The molecule has 1 aromatic heterocycles. The van der Waals surface area contributed by atoms with Crippen LogP contribution in [0.3, 0.4) is 0 Å². The lowest BCUT2D eigenvalue weighted by atomic mass is 10.0. The molecule has 16 heavy (non-hydrogen) atoms. The first-order chi connectivity index (χ1) is 7.65. The minimum Gasteiger partial charge on any atom is -0.396 e. The molecular formula is C11H18BrN3O. The van der Waals surface area contributed by atoms with Gasteiger partial charge in [-0.2, -0.15) is 0 Å². The van der Waals surface area contributed by atoms with Gasteiger partial charge in [-0.25, -0.2) is 9.97 Å². The summed E-state index contributed by atoms with van der Waals surface area (Å²) in [6, 6.07) is 0.309. The number of aromatic nitrogens is 2. The van der Waals surface area contributed by atoms with Gasteiger partial charge < -0.3 is 10.4 Å². The van der Waals surface area contributed by atoms with Crippen molar-refractivity contribution in [2.45, 2.75) is 32.7 Å². The van der Waals surface area contributed by atoms with Gasteiger partial charge >= 0.3 is 0 Å². The largest absolute Gasteiger partial charge is 0.396 e. The van der Waals surface area contributed by atoms with E-state index in [4.69, 9.17) is 5.11 Å². The Morgan fingerprint density at radius 1 is 1.44 bits per heavy atom. The molecule has 0 aliphatic carbocycles. The minimum atomic E-state index is 0.222. The number of rotatable bonds is 6. The molecule has 0 aliphatic rings. The molecule has 0 saturated heterocycles. The van der Waals surface area contributed by atoms with Gasteiger partial charge in [-0.3, -0.25) is 0 Å². The van der Waals surface area contributed by atoms with Gasteiger partial charge in [0.15, 0.2) is 0 Å². The summed E-state index contributed by atoms with van der Waals surface area (Å²) >= 11 is 3.29. The Labute approximate surface area is 105 Å². The number of hydrogen-bond donors (Lipinski definition) is 2. The fourth-order valence-electron chi connectivity index (χ4n) is 1.46. The van der Waals surface area contributed by atoms with Crippen LogP contribution in [-0.2, 0) is 0 Å². The van der Waals surface area contributed by atoms with Crippen molar-refractivity contribution in [3.63, 3.8) is 0 Å². The van der Waals surface area contributed by atoms with Crippen LogP contribution in [0.2, 0.25) is 0 Å². The van der Waals surface area contributed by atoms with Crippen molar-refractivity contribution in [2.75, 3.05) is 11.9 Å². The van der Waals surface area contributed by atoms with Crippen LogP contribution in [0.5, 0.6) is 0 Å². The molecule has 0 bridgehead atoms. The van der Waals surface area contributed by atoms with Crippen molar-refractivity contribution in [3.8, 4) is 0 Å². The Kier molecular flexibility index (Phi) is 5.69. The van der Waals surface area contributed by atoms with Crippen molar-refractivity contribution in [1.82, 2.24) is 9.97 Å². The van der Waals surface area contributed by atoms with E-state index in [1.807, 2.05) is 6.92 Å². The van der Waals surface area contributed by atoms with E-state index in [2.05, 4.69) is 38.1 Å². The maximum absolute atomic E-state index is 9.02. The van der Waals surface area contributed by atoms with E-state index in [9.17, 15) is 0 Å². The zero-order valence-corrected chi connectivity index (χ0v) is 11.2. The summed E-state index contributed by atoms with van der Waals surface area (Å²) in [7, 11) is 0. The molecule has 0 radical (unpaired) electrons. The predicted octanol–water partition coefficient (Wildman–Crippen LogP) is 2.45. The van der Waals surface area contributed by atoms with Gasteiger partial charge in [0, 0.05) is 25.0 Å². The van der Waals surface area contributed by atoms with Gasteiger partial charge in [-0.1, -0.05) is 13.8 Å². The maximum atomic E-state index is 9.02. The van der Waals surface area contributed by atoms with Gasteiger partial charge in [-0.05, 0) is 34.7 Å². The van der Waals surface area contributed by atoms with Gasteiger partial charge in [0.2, 0.25) is 5.95 Å². The number of anilines is 1. The molecule has 1 aromatic rings. The smallest absolute Gasteiger partial charge is 0.222 e. The first-order valence-electron chi connectivity index (χ1n) is 5.50. The molecule has 0 aliphatic heterocycles. The lowest BCUT2D eigenvalue weighted by molar-refractivity contribution is 0.224. The average Bonchev–Trinajstić information content (AvgIpc) is 2.30. The van der Waals surface area contributed by atoms with Gasteiger partial charge in [0.25, 0.3) is 0 Å². The van der Waals surface area contributed by atoms with Crippen molar-refractivity contribution in [1.29, 1.82) is 0 Å². The summed E-state index contributed by atoms with van der Waals surface area (Å²) in [6.07, 6.45) is 5.35. The van der Waals surface area contributed by atoms with Crippen molar-refractivity contribution >= 4 is 21.9 Å². The van der Waals surface area contributed by atoms with Crippen LogP contribution >= 0.6 is 15.9 Å². The zero-order chi connectivity index (χ0) is 12.0. The molecule has 2 atom stereocenters. The number of aliphatic hydroxyl groups excluding tert-OH is 1. The molecule has 1 rings (SSSR count). The molecule has 5 heteroatoms. The number of aliphatic hydroxyl groups is 1. The SMILES string of the molecule is CCC(CC(C)CO)Nc1ncc(Br)cn1. The highest BCUT2D eigenvalue weighted by molar-refractivity contribution is 9.10. The Balaban J connectivity index is 2.52. The molecule has 0 spiro atoms. The number of nitrogens with one attached hydrogen (secondary N) is 1. The third-order valence-electron chi connectivity index (χ3n) is 2.44. The second kappa shape index (κ2) is 6.81. The van der Waals surface area contributed by atoms with E-state index >= 15 is 0 Å². The van der Waals surface area contributed by atoms with E-state index in [1.54, 1.807) is 12.4 Å². The summed E-state index contributed by atoms with van der Waals surface area (Å²) in [5, 5.41) is 12.3. The molecule has 2 unspecified atom stereocenters. The molecule has 1 heterocycles. The molecule has 0 fully saturated rings. The minimum absolute atomic E-state index is 0.222. The summed E-state index contributed by atoms with van der Waals surface area (Å²) in [5.74, 6) is 0.938. The number of nitrogens with zero attached hydrogens (tertiary/aromatic N) is 2. The monoisotopic (exact) mass is 287 g/mol. The number of halogens is 1. The van der Waals surface area contributed by atoms with Crippen molar-refractivity contribution in [3.05, 3.63) is 16.9 Å². The third kappa shape index (κ3) is 4.45. The van der Waals surface area contributed by atoms with Crippen LogP contribution in [0, 0.1) is 5.92 Å². The quantitative estimate of drug-likeness (QED) is 0.844. The van der Waals surface area contributed by atoms with Crippen LogP contribution in [0.25, 0.3) is 0 Å². The van der Waals surface area contributed by atoms with Crippen LogP contribution in [0.1, 0.15) is 26.7 Å². The fraction of sp³-hybridized carbons (Fsp3) is 0.636. The predicted molar refractivity (Wildman–Crippen MR) is 68.3 cm³/mol. The lowest BCUT2D eigenvalue weighted by Gasteiger charge is -2.19. The Hall–Kier alpha value is -0.680. The summed E-state index contributed by atoms with van der Waals surface area (Å²) < 4.78 is 0.870. The second-order valence-corrected chi connectivity index (χ2v) is 4.91. The molecule has 0 saturated carbocycles.